The minimum absolute atomic E-state index is 0.00832. The molecule has 1 saturated heterocycles. The quantitative estimate of drug-likeness (QED) is 0.634. The normalized spacial score (nSPS) is 14.7. The maximum absolute atomic E-state index is 12.9. The number of fused-ring (bicyclic) bond motifs is 1. The van der Waals surface area contributed by atoms with E-state index in [0.717, 1.165) is 30.3 Å². The summed E-state index contributed by atoms with van der Waals surface area (Å²) in [5.74, 6) is -0.636. The van der Waals surface area contributed by atoms with Crippen LogP contribution in [0.1, 0.15) is 40.9 Å². The van der Waals surface area contributed by atoms with Crippen molar-refractivity contribution in [3.8, 4) is 0 Å². The predicted molar refractivity (Wildman–Crippen MR) is 119 cm³/mol. The second kappa shape index (κ2) is 8.55. The lowest BCUT2D eigenvalue weighted by atomic mass is 10.1. The van der Waals surface area contributed by atoms with E-state index < -0.39 is 15.7 Å². The van der Waals surface area contributed by atoms with Crippen LogP contribution in [0.2, 0.25) is 0 Å². The Hall–Kier alpha value is -3.13. The number of nitrogens with one attached hydrogen (secondary N) is 1. The molecule has 2 heterocycles. The second-order valence-electron chi connectivity index (χ2n) is 7.83. The van der Waals surface area contributed by atoms with Crippen molar-refractivity contribution in [1.82, 2.24) is 5.32 Å². The first-order chi connectivity index (χ1) is 14.8. The summed E-state index contributed by atoms with van der Waals surface area (Å²) >= 11 is 0. The van der Waals surface area contributed by atoms with E-state index in [0.29, 0.717) is 29.5 Å². The third-order valence-electron chi connectivity index (χ3n) is 5.31. The van der Waals surface area contributed by atoms with Crippen LogP contribution in [0.5, 0.6) is 0 Å². The molecule has 1 N–H and O–H groups in total. The Morgan fingerprint density at radius 3 is 2.71 bits per heavy atom. The molecule has 1 aromatic heterocycles. The molecule has 4 rings (SSSR count). The number of anilines is 1. The number of amides is 2. The zero-order valence-corrected chi connectivity index (χ0v) is 18.1. The molecule has 7 nitrogen and oxygen atoms in total. The Labute approximate surface area is 181 Å². The molecule has 0 radical (unpaired) electrons. The van der Waals surface area contributed by atoms with Crippen LogP contribution in [0.25, 0.3) is 11.0 Å². The molecule has 0 saturated carbocycles. The molecule has 1 aliphatic rings. The monoisotopic (exact) mass is 440 g/mol. The van der Waals surface area contributed by atoms with Gasteiger partial charge in [0, 0.05) is 42.4 Å². The number of carbonyl (C=O) groups is 2. The van der Waals surface area contributed by atoms with Crippen LogP contribution >= 0.6 is 0 Å². The molecule has 2 amide bonds. The zero-order valence-electron chi connectivity index (χ0n) is 17.3. The summed E-state index contributed by atoms with van der Waals surface area (Å²) in [5, 5.41) is 3.43. The number of piperidine rings is 1. The molecule has 0 bridgehead atoms. The van der Waals surface area contributed by atoms with Crippen LogP contribution in [0, 0.1) is 0 Å². The van der Waals surface area contributed by atoms with Crippen molar-refractivity contribution in [2.24, 2.45) is 0 Å². The molecule has 0 aliphatic carbocycles. The van der Waals surface area contributed by atoms with E-state index in [9.17, 15) is 18.0 Å². The number of nitrogens with zero attached hydrogens (tertiary/aromatic N) is 1. The summed E-state index contributed by atoms with van der Waals surface area (Å²) in [4.78, 5) is 26.8. The van der Waals surface area contributed by atoms with Gasteiger partial charge in [-0.2, -0.15) is 0 Å². The fourth-order valence-corrected chi connectivity index (χ4v) is 4.67. The highest BCUT2D eigenvalue weighted by Gasteiger charge is 2.23. The van der Waals surface area contributed by atoms with Gasteiger partial charge >= 0.3 is 0 Å². The SMILES string of the molecule is CS(=O)(=O)Cc1c(C(=O)NCc2cccc(N3CCCCC3=O)c2)oc2ccccc12. The van der Waals surface area contributed by atoms with Crippen molar-refractivity contribution in [3.05, 3.63) is 65.4 Å². The Kier molecular flexibility index (Phi) is 5.82. The molecule has 3 aromatic rings. The number of para-hydroxylation sites is 1. The van der Waals surface area contributed by atoms with Gasteiger partial charge in [0.25, 0.3) is 5.91 Å². The van der Waals surface area contributed by atoms with Crippen LogP contribution in [0.3, 0.4) is 0 Å². The first-order valence-corrected chi connectivity index (χ1v) is 12.2. The summed E-state index contributed by atoms with van der Waals surface area (Å²) in [6, 6.07) is 14.5. The van der Waals surface area contributed by atoms with Crippen molar-refractivity contribution in [2.45, 2.75) is 31.6 Å². The molecule has 162 valence electrons. The molecular weight excluding hydrogens is 416 g/mol. The number of hydrogen-bond donors (Lipinski definition) is 1. The molecule has 0 unspecified atom stereocenters. The van der Waals surface area contributed by atoms with E-state index in [1.807, 2.05) is 24.3 Å². The molecular formula is C23H24N2O5S. The molecule has 31 heavy (non-hydrogen) atoms. The van der Waals surface area contributed by atoms with E-state index in [-0.39, 0.29) is 24.0 Å². The van der Waals surface area contributed by atoms with Gasteiger partial charge < -0.3 is 14.6 Å². The molecule has 8 heteroatoms. The Morgan fingerprint density at radius 2 is 1.94 bits per heavy atom. The van der Waals surface area contributed by atoms with E-state index in [4.69, 9.17) is 4.42 Å². The van der Waals surface area contributed by atoms with Crippen molar-refractivity contribution in [1.29, 1.82) is 0 Å². The van der Waals surface area contributed by atoms with Gasteiger partial charge in [0.2, 0.25) is 5.91 Å². The zero-order chi connectivity index (χ0) is 22.0. The Bertz CT molecular complexity index is 1250. The molecule has 2 aromatic carbocycles. The Balaban J connectivity index is 1.54. The van der Waals surface area contributed by atoms with Gasteiger partial charge in [0.15, 0.2) is 15.6 Å². The van der Waals surface area contributed by atoms with Crippen LogP contribution in [-0.2, 0) is 26.9 Å². The number of carbonyl (C=O) groups excluding carboxylic acids is 2. The Morgan fingerprint density at radius 1 is 1.13 bits per heavy atom. The summed E-state index contributed by atoms with van der Waals surface area (Å²) in [7, 11) is -3.36. The van der Waals surface area contributed by atoms with Crippen molar-refractivity contribution < 1.29 is 22.4 Å². The van der Waals surface area contributed by atoms with Gasteiger partial charge in [-0.05, 0) is 36.6 Å². The number of furan rings is 1. The lowest BCUT2D eigenvalue weighted by Gasteiger charge is -2.27. The molecule has 1 fully saturated rings. The average Bonchev–Trinajstić information content (AvgIpc) is 3.10. The van der Waals surface area contributed by atoms with E-state index in [1.54, 1.807) is 29.2 Å². The smallest absolute Gasteiger partial charge is 0.287 e. The topological polar surface area (TPSA) is 96.7 Å². The van der Waals surface area contributed by atoms with Crippen molar-refractivity contribution >= 4 is 38.3 Å². The molecule has 1 aliphatic heterocycles. The van der Waals surface area contributed by atoms with Crippen LogP contribution < -0.4 is 10.2 Å². The van der Waals surface area contributed by atoms with Gasteiger partial charge in [0.1, 0.15) is 5.58 Å². The maximum Gasteiger partial charge on any atom is 0.287 e. The van der Waals surface area contributed by atoms with E-state index in [1.165, 1.54) is 0 Å². The first kappa shape index (κ1) is 21.1. The highest BCUT2D eigenvalue weighted by atomic mass is 32.2. The van der Waals surface area contributed by atoms with Crippen molar-refractivity contribution in [3.63, 3.8) is 0 Å². The summed E-state index contributed by atoms with van der Waals surface area (Å²) < 4.78 is 29.5. The van der Waals surface area contributed by atoms with Gasteiger partial charge in [-0.3, -0.25) is 9.59 Å². The van der Waals surface area contributed by atoms with Crippen LogP contribution in [-0.4, -0.2) is 33.0 Å². The van der Waals surface area contributed by atoms with Gasteiger partial charge in [0.05, 0.1) is 5.75 Å². The minimum Gasteiger partial charge on any atom is -0.451 e. The van der Waals surface area contributed by atoms with Gasteiger partial charge in [-0.15, -0.1) is 0 Å². The number of rotatable bonds is 6. The van der Waals surface area contributed by atoms with E-state index in [2.05, 4.69) is 5.32 Å². The highest BCUT2D eigenvalue weighted by Crippen LogP contribution is 2.28. The lowest BCUT2D eigenvalue weighted by molar-refractivity contribution is -0.119. The highest BCUT2D eigenvalue weighted by molar-refractivity contribution is 7.89. The fourth-order valence-electron chi connectivity index (χ4n) is 3.86. The lowest BCUT2D eigenvalue weighted by Crippen LogP contribution is -2.35. The second-order valence-corrected chi connectivity index (χ2v) is 9.97. The van der Waals surface area contributed by atoms with Crippen molar-refractivity contribution in [2.75, 3.05) is 17.7 Å². The van der Waals surface area contributed by atoms with Gasteiger partial charge in [-0.1, -0.05) is 30.3 Å². The molecule has 0 atom stereocenters. The number of hydrogen-bond acceptors (Lipinski definition) is 5. The number of benzene rings is 2. The molecule has 0 spiro atoms. The first-order valence-electron chi connectivity index (χ1n) is 10.2. The summed E-state index contributed by atoms with van der Waals surface area (Å²) in [5.41, 5.74) is 2.49. The summed E-state index contributed by atoms with van der Waals surface area (Å²) in [6.07, 6.45) is 3.57. The number of sulfone groups is 1. The minimum atomic E-state index is -3.36. The summed E-state index contributed by atoms with van der Waals surface area (Å²) in [6.45, 7) is 0.923. The van der Waals surface area contributed by atoms with Crippen LogP contribution in [0.4, 0.5) is 5.69 Å². The van der Waals surface area contributed by atoms with Crippen LogP contribution in [0.15, 0.2) is 52.9 Å². The third-order valence-corrected chi connectivity index (χ3v) is 6.12. The third kappa shape index (κ3) is 4.80. The largest absolute Gasteiger partial charge is 0.451 e. The predicted octanol–water partition coefficient (Wildman–Crippen LogP) is 3.42. The maximum atomic E-state index is 12.9. The van der Waals surface area contributed by atoms with Gasteiger partial charge in [-0.25, -0.2) is 8.42 Å². The van der Waals surface area contributed by atoms with E-state index >= 15 is 0 Å². The average molecular weight is 441 g/mol. The standard InChI is InChI=1S/C23H24N2O5S/c1-31(28,29)15-19-18-9-2-3-10-20(18)30-22(19)23(27)24-14-16-7-6-8-17(13-16)25-12-5-4-11-21(25)26/h2-3,6-10,13H,4-5,11-12,14-15H2,1H3,(H,24,27). The fraction of sp³-hybridized carbons (Fsp3) is 0.304.